The SMILES string of the molecule is Cc1nn(C2CCN(C)C2)c(C)c1CCCN. The standard InChI is InChI=1S/C13H24N4/c1-10-13(5-4-7-14)11(2)17(15-10)12-6-8-16(3)9-12/h12H,4-9,14H2,1-3H3. The second kappa shape index (κ2) is 5.19. The van der Waals surface area contributed by atoms with Crippen LogP contribution in [0.5, 0.6) is 0 Å². The molecule has 2 heterocycles. The minimum Gasteiger partial charge on any atom is -0.330 e. The summed E-state index contributed by atoms with van der Waals surface area (Å²) in [5.74, 6) is 0. The van der Waals surface area contributed by atoms with Crippen LogP contribution in [0.15, 0.2) is 0 Å². The molecular weight excluding hydrogens is 212 g/mol. The van der Waals surface area contributed by atoms with E-state index in [4.69, 9.17) is 10.8 Å². The molecule has 1 fully saturated rings. The number of likely N-dealkylation sites (N-methyl/N-ethyl adjacent to an activating group) is 1. The van der Waals surface area contributed by atoms with Gasteiger partial charge in [-0.3, -0.25) is 4.68 Å². The summed E-state index contributed by atoms with van der Waals surface area (Å²) in [5, 5.41) is 4.73. The molecule has 0 spiro atoms. The van der Waals surface area contributed by atoms with Crippen LogP contribution >= 0.6 is 0 Å². The van der Waals surface area contributed by atoms with Crippen LogP contribution in [0.3, 0.4) is 0 Å². The van der Waals surface area contributed by atoms with Gasteiger partial charge in [-0.2, -0.15) is 5.10 Å². The quantitative estimate of drug-likeness (QED) is 0.856. The molecule has 2 rings (SSSR count). The molecule has 0 aromatic carbocycles. The van der Waals surface area contributed by atoms with Crippen molar-refractivity contribution in [2.75, 3.05) is 26.7 Å². The first-order valence-electron chi connectivity index (χ1n) is 6.56. The minimum absolute atomic E-state index is 0.560. The summed E-state index contributed by atoms with van der Waals surface area (Å²) in [6, 6.07) is 0.560. The van der Waals surface area contributed by atoms with Crippen molar-refractivity contribution in [3.05, 3.63) is 17.0 Å². The molecule has 2 N–H and O–H groups in total. The van der Waals surface area contributed by atoms with E-state index in [1.54, 1.807) is 0 Å². The van der Waals surface area contributed by atoms with Gasteiger partial charge in [0.25, 0.3) is 0 Å². The van der Waals surface area contributed by atoms with Crippen LogP contribution in [0.1, 0.15) is 35.8 Å². The Morgan fingerprint density at radius 3 is 2.76 bits per heavy atom. The Bertz CT molecular complexity index is 383. The summed E-state index contributed by atoms with van der Waals surface area (Å²) in [5.41, 5.74) is 9.53. The lowest BCUT2D eigenvalue weighted by Crippen LogP contribution is -2.18. The Kier molecular flexibility index (Phi) is 3.84. The van der Waals surface area contributed by atoms with E-state index < -0.39 is 0 Å². The molecule has 0 bridgehead atoms. The first-order valence-corrected chi connectivity index (χ1v) is 6.56. The maximum absolute atomic E-state index is 5.59. The van der Waals surface area contributed by atoms with E-state index in [0.717, 1.165) is 25.9 Å². The number of hydrogen-bond acceptors (Lipinski definition) is 3. The third kappa shape index (κ3) is 2.53. The van der Waals surface area contributed by atoms with Crippen molar-refractivity contribution in [3.8, 4) is 0 Å². The zero-order valence-electron chi connectivity index (χ0n) is 11.2. The number of hydrogen-bond donors (Lipinski definition) is 1. The second-order valence-electron chi connectivity index (χ2n) is 5.19. The number of aromatic nitrogens is 2. The molecule has 1 unspecified atom stereocenters. The lowest BCUT2D eigenvalue weighted by molar-refractivity contribution is 0.379. The van der Waals surface area contributed by atoms with Crippen molar-refractivity contribution in [1.29, 1.82) is 0 Å². The molecule has 1 aliphatic rings. The minimum atomic E-state index is 0.560. The number of likely N-dealkylation sites (tertiary alicyclic amines) is 1. The van der Waals surface area contributed by atoms with Gasteiger partial charge in [-0.1, -0.05) is 0 Å². The molecule has 4 nitrogen and oxygen atoms in total. The molecule has 0 aliphatic carbocycles. The molecule has 0 radical (unpaired) electrons. The zero-order chi connectivity index (χ0) is 12.4. The van der Waals surface area contributed by atoms with E-state index >= 15 is 0 Å². The van der Waals surface area contributed by atoms with E-state index in [2.05, 4.69) is 30.5 Å². The number of nitrogens with zero attached hydrogens (tertiary/aromatic N) is 3. The predicted octanol–water partition coefficient (Wildman–Crippen LogP) is 1.27. The summed E-state index contributed by atoms with van der Waals surface area (Å²) in [7, 11) is 2.18. The van der Waals surface area contributed by atoms with Crippen molar-refractivity contribution in [1.82, 2.24) is 14.7 Å². The summed E-state index contributed by atoms with van der Waals surface area (Å²) < 4.78 is 2.24. The smallest absolute Gasteiger partial charge is 0.0661 e. The average Bonchev–Trinajstić information content (AvgIpc) is 2.82. The molecule has 96 valence electrons. The molecule has 0 amide bonds. The first-order chi connectivity index (χ1) is 8.13. The Morgan fingerprint density at radius 1 is 1.41 bits per heavy atom. The average molecular weight is 236 g/mol. The van der Waals surface area contributed by atoms with Gasteiger partial charge >= 0.3 is 0 Å². The zero-order valence-corrected chi connectivity index (χ0v) is 11.2. The molecule has 4 heteroatoms. The van der Waals surface area contributed by atoms with Crippen LogP contribution in [0.4, 0.5) is 0 Å². The van der Waals surface area contributed by atoms with E-state index in [9.17, 15) is 0 Å². The van der Waals surface area contributed by atoms with E-state index in [-0.39, 0.29) is 0 Å². The number of nitrogens with two attached hydrogens (primary N) is 1. The fourth-order valence-electron chi connectivity index (χ4n) is 2.80. The Morgan fingerprint density at radius 2 is 2.18 bits per heavy atom. The monoisotopic (exact) mass is 236 g/mol. The predicted molar refractivity (Wildman–Crippen MR) is 70.2 cm³/mol. The molecule has 1 atom stereocenters. The van der Waals surface area contributed by atoms with Crippen LogP contribution in [-0.2, 0) is 6.42 Å². The van der Waals surface area contributed by atoms with Gasteiger partial charge in [0.2, 0.25) is 0 Å². The lowest BCUT2D eigenvalue weighted by Gasteiger charge is -2.13. The van der Waals surface area contributed by atoms with Crippen LogP contribution < -0.4 is 5.73 Å². The topological polar surface area (TPSA) is 47.1 Å². The van der Waals surface area contributed by atoms with E-state index in [1.807, 2.05) is 0 Å². The molecule has 1 aromatic rings. The van der Waals surface area contributed by atoms with Gasteiger partial charge < -0.3 is 10.6 Å². The van der Waals surface area contributed by atoms with E-state index in [0.29, 0.717) is 6.04 Å². The fraction of sp³-hybridized carbons (Fsp3) is 0.769. The van der Waals surface area contributed by atoms with Crippen molar-refractivity contribution < 1.29 is 0 Å². The van der Waals surface area contributed by atoms with E-state index in [1.165, 1.54) is 29.9 Å². The Hall–Kier alpha value is -0.870. The van der Waals surface area contributed by atoms with Crippen LogP contribution in [0, 0.1) is 13.8 Å². The van der Waals surface area contributed by atoms with Gasteiger partial charge in [0.15, 0.2) is 0 Å². The Labute approximate surface area is 104 Å². The third-order valence-electron chi connectivity index (χ3n) is 3.82. The second-order valence-corrected chi connectivity index (χ2v) is 5.19. The van der Waals surface area contributed by atoms with Crippen LogP contribution in [0.25, 0.3) is 0 Å². The largest absolute Gasteiger partial charge is 0.330 e. The normalized spacial score (nSPS) is 21.3. The highest BCUT2D eigenvalue weighted by molar-refractivity contribution is 5.25. The number of rotatable bonds is 4. The maximum atomic E-state index is 5.59. The highest BCUT2D eigenvalue weighted by atomic mass is 15.3. The van der Waals surface area contributed by atoms with Crippen molar-refractivity contribution in [2.24, 2.45) is 5.73 Å². The summed E-state index contributed by atoms with van der Waals surface area (Å²) >= 11 is 0. The van der Waals surface area contributed by atoms with Gasteiger partial charge in [-0.25, -0.2) is 0 Å². The van der Waals surface area contributed by atoms with Crippen LogP contribution in [0.2, 0.25) is 0 Å². The van der Waals surface area contributed by atoms with Crippen molar-refractivity contribution in [2.45, 2.75) is 39.2 Å². The molecular formula is C13H24N4. The van der Waals surface area contributed by atoms with Gasteiger partial charge in [-0.15, -0.1) is 0 Å². The Balaban J connectivity index is 2.18. The number of aryl methyl sites for hydroxylation is 1. The molecule has 1 aromatic heterocycles. The lowest BCUT2D eigenvalue weighted by atomic mass is 10.1. The van der Waals surface area contributed by atoms with Crippen molar-refractivity contribution >= 4 is 0 Å². The molecule has 17 heavy (non-hydrogen) atoms. The van der Waals surface area contributed by atoms with Crippen LogP contribution in [-0.4, -0.2) is 41.4 Å². The van der Waals surface area contributed by atoms with Gasteiger partial charge in [0, 0.05) is 12.2 Å². The molecule has 0 saturated carbocycles. The summed E-state index contributed by atoms with van der Waals surface area (Å²) in [4.78, 5) is 2.38. The highest BCUT2D eigenvalue weighted by Gasteiger charge is 2.24. The maximum Gasteiger partial charge on any atom is 0.0661 e. The first kappa shape index (κ1) is 12.6. The van der Waals surface area contributed by atoms with Gasteiger partial charge in [0.05, 0.1) is 11.7 Å². The third-order valence-corrected chi connectivity index (χ3v) is 3.82. The van der Waals surface area contributed by atoms with Gasteiger partial charge in [-0.05, 0) is 58.8 Å². The van der Waals surface area contributed by atoms with Crippen molar-refractivity contribution in [3.63, 3.8) is 0 Å². The summed E-state index contributed by atoms with van der Waals surface area (Å²) in [6.07, 6.45) is 3.34. The molecule has 1 aliphatic heterocycles. The highest BCUT2D eigenvalue weighted by Crippen LogP contribution is 2.24. The van der Waals surface area contributed by atoms with Gasteiger partial charge in [0.1, 0.15) is 0 Å². The fourth-order valence-corrected chi connectivity index (χ4v) is 2.80. The molecule has 1 saturated heterocycles. The summed E-state index contributed by atoms with van der Waals surface area (Å²) in [6.45, 7) is 7.38.